The second-order valence-electron chi connectivity index (χ2n) is 4.63. The molecule has 2 N–H and O–H groups in total. The normalized spacial score (nSPS) is 22.4. The standard InChI is InChI=1S/C13H16N2O5/c1-2-8-6-14-11(7-20-8)9-4-3-5-10(13(16)17)12(9)15(18)19/h3-5,8,11,14H,2,6-7H2,1H3,(H,16,17). The van der Waals surface area contributed by atoms with Crippen LogP contribution >= 0.6 is 0 Å². The molecule has 2 unspecified atom stereocenters. The minimum atomic E-state index is -1.30. The lowest BCUT2D eigenvalue weighted by atomic mass is 9.99. The van der Waals surface area contributed by atoms with Gasteiger partial charge in [0.05, 0.1) is 23.7 Å². The lowest BCUT2D eigenvalue weighted by Crippen LogP contribution is -2.41. The predicted molar refractivity (Wildman–Crippen MR) is 70.8 cm³/mol. The van der Waals surface area contributed by atoms with Gasteiger partial charge in [-0.05, 0) is 12.5 Å². The molecule has 0 aliphatic carbocycles. The zero-order valence-electron chi connectivity index (χ0n) is 11.0. The van der Waals surface area contributed by atoms with Crippen molar-refractivity contribution in [3.8, 4) is 0 Å². The van der Waals surface area contributed by atoms with E-state index in [9.17, 15) is 14.9 Å². The summed E-state index contributed by atoms with van der Waals surface area (Å²) < 4.78 is 5.60. The van der Waals surface area contributed by atoms with Gasteiger partial charge in [0, 0.05) is 12.1 Å². The molecular formula is C13H16N2O5. The van der Waals surface area contributed by atoms with Crippen molar-refractivity contribution >= 4 is 11.7 Å². The number of carbonyl (C=O) groups is 1. The van der Waals surface area contributed by atoms with E-state index in [1.807, 2.05) is 6.92 Å². The molecule has 0 spiro atoms. The molecule has 1 fully saturated rings. The number of para-hydroxylation sites is 1. The average Bonchev–Trinajstić information content (AvgIpc) is 2.46. The topological polar surface area (TPSA) is 102 Å². The summed E-state index contributed by atoms with van der Waals surface area (Å²) >= 11 is 0. The number of nitrogens with one attached hydrogen (secondary N) is 1. The first-order valence-electron chi connectivity index (χ1n) is 6.40. The summed E-state index contributed by atoms with van der Waals surface area (Å²) in [5, 5.41) is 23.4. The molecular weight excluding hydrogens is 264 g/mol. The Morgan fingerprint density at radius 3 is 2.85 bits per heavy atom. The Labute approximate surface area is 115 Å². The van der Waals surface area contributed by atoms with Crippen LogP contribution < -0.4 is 5.32 Å². The van der Waals surface area contributed by atoms with Crippen LogP contribution in [0.25, 0.3) is 0 Å². The molecule has 1 aromatic rings. The van der Waals surface area contributed by atoms with Crippen LogP contribution in [0.4, 0.5) is 5.69 Å². The third-order valence-electron chi connectivity index (χ3n) is 3.40. The molecule has 7 nitrogen and oxygen atoms in total. The monoisotopic (exact) mass is 280 g/mol. The molecule has 1 aromatic carbocycles. The van der Waals surface area contributed by atoms with Gasteiger partial charge in [-0.1, -0.05) is 19.1 Å². The quantitative estimate of drug-likeness (QED) is 0.643. The first-order chi connectivity index (χ1) is 9.54. The number of hydrogen-bond donors (Lipinski definition) is 2. The van der Waals surface area contributed by atoms with Crippen molar-refractivity contribution in [2.75, 3.05) is 13.2 Å². The lowest BCUT2D eigenvalue weighted by molar-refractivity contribution is -0.386. The predicted octanol–water partition coefficient (Wildman–Crippen LogP) is 1.73. The summed E-state index contributed by atoms with van der Waals surface area (Å²) in [4.78, 5) is 21.6. The van der Waals surface area contributed by atoms with Gasteiger partial charge in [-0.3, -0.25) is 10.1 Å². The lowest BCUT2D eigenvalue weighted by Gasteiger charge is -2.30. The summed E-state index contributed by atoms with van der Waals surface area (Å²) in [6.07, 6.45) is 0.949. The van der Waals surface area contributed by atoms with Crippen molar-refractivity contribution in [3.05, 3.63) is 39.4 Å². The smallest absolute Gasteiger partial charge is 0.342 e. The second-order valence-corrected chi connectivity index (χ2v) is 4.63. The summed E-state index contributed by atoms with van der Waals surface area (Å²) in [6, 6.07) is 3.96. The van der Waals surface area contributed by atoms with E-state index in [2.05, 4.69) is 5.32 Å². The molecule has 2 atom stereocenters. The highest BCUT2D eigenvalue weighted by atomic mass is 16.6. The number of nitrogens with zero attached hydrogens (tertiary/aromatic N) is 1. The van der Waals surface area contributed by atoms with Gasteiger partial charge in [0.15, 0.2) is 0 Å². The largest absolute Gasteiger partial charge is 0.477 e. The first kappa shape index (κ1) is 14.4. The SMILES string of the molecule is CCC1CNC(c2cccc(C(=O)O)c2[N+](=O)[O-])CO1. The molecule has 1 aliphatic heterocycles. The van der Waals surface area contributed by atoms with Gasteiger partial charge in [-0.25, -0.2) is 4.79 Å². The number of carboxylic acids is 1. The highest BCUT2D eigenvalue weighted by molar-refractivity contribution is 5.93. The number of nitro groups is 1. The van der Waals surface area contributed by atoms with Crippen LogP contribution in [0.15, 0.2) is 18.2 Å². The fraction of sp³-hybridized carbons (Fsp3) is 0.462. The summed E-state index contributed by atoms with van der Waals surface area (Å²) in [6.45, 7) is 2.89. The molecule has 0 aromatic heterocycles. The van der Waals surface area contributed by atoms with E-state index in [1.54, 1.807) is 6.07 Å². The number of morpholine rings is 1. The minimum absolute atomic E-state index is 0.0907. The zero-order chi connectivity index (χ0) is 14.7. The van der Waals surface area contributed by atoms with Crippen molar-refractivity contribution in [2.24, 2.45) is 0 Å². The van der Waals surface area contributed by atoms with Gasteiger partial charge in [-0.15, -0.1) is 0 Å². The molecule has 108 valence electrons. The molecule has 0 bridgehead atoms. The minimum Gasteiger partial charge on any atom is -0.477 e. The second kappa shape index (κ2) is 5.98. The molecule has 1 aliphatic rings. The summed E-state index contributed by atoms with van der Waals surface area (Å²) in [5.41, 5.74) is -0.313. The Morgan fingerprint density at radius 2 is 2.35 bits per heavy atom. The number of ether oxygens (including phenoxy) is 1. The molecule has 0 radical (unpaired) electrons. The maximum atomic E-state index is 11.2. The number of hydrogen-bond acceptors (Lipinski definition) is 5. The average molecular weight is 280 g/mol. The number of carboxylic acid groups (broad SMARTS) is 1. The number of benzene rings is 1. The van der Waals surface area contributed by atoms with E-state index in [1.165, 1.54) is 12.1 Å². The van der Waals surface area contributed by atoms with Gasteiger partial charge in [0.1, 0.15) is 5.56 Å². The van der Waals surface area contributed by atoms with E-state index in [4.69, 9.17) is 9.84 Å². The van der Waals surface area contributed by atoms with Crippen LogP contribution in [0.1, 0.15) is 35.3 Å². The van der Waals surface area contributed by atoms with Crippen LogP contribution in [-0.4, -0.2) is 35.3 Å². The van der Waals surface area contributed by atoms with E-state index in [-0.39, 0.29) is 23.4 Å². The zero-order valence-corrected chi connectivity index (χ0v) is 11.0. The third kappa shape index (κ3) is 2.78. The first-order valence-corrected chi connectivity index (χ1v) is 6.40. The fourth-order valence-electron chi connectivity index (χ4n) is 2.30. The molecule has 0 amide bonds. The Morgan fingerprint density at radius 1 is 1.60 bits per heavy atom. The van der Waals surface area contributed by atoms with Crippen molar-refractivity contribution in [3.63, 3.8) is 0 Å². The summed E-state index contributed by atoms with van der Waals surface area (Å²) in [7, 11) is 0. The van der Waals surface area contributed by atoms with Crippen molar-refractivity contribution in [1.29, 1.82) is 0 Å². The van der Waals surface area contributed by atoms with Crippen LogP contribution in [0.3, 0.4) is 0 Å². The van der Waals surface area contributed by atoms with Gasteiger partial charge in [0.25, 0.3) is 5.69 Å². The third-order valence-corrected chi connectivity index (χ3v) is 3.40. The summed E-state index contributed by atoms with van der Waals surface area (Å²) in [5.74, 6) is -1.30. The number of aromatic carboxylic acids is 1. The van der Waals surface area contributed by atoms with Crippen LogP contribution in [0, 0.1) is 10.1 Å². The number of rotatable bonds is 4. The molecule has 1 heterocycles. The van der Waals surface area contributed by atoms with Crippen molar-refractivity contribution in [2.45, 2.75) is 25.5 Å². The highest BCUT2D eigenvalue weighted by Crippen LogP contribution is 2.30. The van der Waals surface area contributed by atoms with Gasteiger partial charge in [0.2, 0.25) is 0 Å². The fourth-order valence-corrected chi connectivity index (χ4v) is 2.30. The molecule has 7 heteroatoms. The van der Waals surface area contributed by atoms with E-state index in [0.29, 0.717) is 18.7 Å². The van der Waals surface area contributed by atoms with E-state index in [0.717, 1.165) is 6.42 Å². The van der Waals surface area contributed by atoms with Crippen LogP contribution in [-0.2, 0) is 4.74 Å². The Bertz CT molecular complexity index is 523. The van der Waals surface area contributed by atoms with Crippen LogP contribution in [0.5, 0.6) is 0 Å². The Kier molecular flexibility index (Phi) is 4.31. The van der Waals surface area contributed by atoms with Crippen molar-refractivity contribution < 1.29 is 19.6 Å². The number of nitro benzene ring substituents is 1. The van der Waals surface area contributed by atoms with Gasteiger partial charge >= 0.3 is 5.97 Å². The van der Waals surface area contributed by atoms with E-state index >= 15 is 0 Å². The Balaban J connectivity index is 2.35. The van der Waals surface area contributed by atoms with Gasteiger partial charge in [-0.2, -0.15) is 0 Å². The van der Waals surface area contributed by atoms with Crippen LogP contribution in [0.2, 0.25) is 0 Å². The highest BCUT2D eigenvalue weighted by Gasteiger charge is 2.31. The van der Waals surface area contributed by atoms with Gasteiger partial charge < -0.3 is 15.2 Å². The maximum Gasteiger partial charge on any atom is 0.342 e. The van der Waals surface area contributed by atoms with Crippen molar-refractivity contribution in [1.82, 2.24) is 5.32 Å². The molecule has 2 rings (SSSR count). The Hall–Kier alpha value is -1.99. The maximum absolute atomic E-state index is 11.2. The van der Waals surface area contributed by atoms with E-state index < -0.39 is 10.9 Å². The molecule has 0 saturated carbocycles. The molecule has 20 heavy (non-hydrogen) atoms. The molecule has 1 saturated heterocycles.